The third-order valence-corrected chi connectivity index (χ3v) is 6.90. The van der Waals surface area contributed by atoms with Crippen LogP contribution < -0.4 is 10.1 Å². The van der Waals surface area contributed by atoms with Crippen molar-refractivity contribution in [3.8, 4) is 5.75 Å². The minimum Gasteiger partial charge on any atom is -0.496 e. The normalized spacial score (nSPS) is 20.2. The van der Waals surface area contributed by atoms with E-state index in [2.05, 4.69) is 52.7 Å². The van der Waals surface area contributed by atoms with Crippen LogP contribution in [0.15, 0.2) is 60.7 Å². The largest absolute Gasteiger partial charge is 0.496 e. The second kappa shape index (κ2) is 11.3. The van der Waals surface area contributed by atoms with Crippen molar-refractivity contribution in [1.82, 2.24) is 10.2 Å². The molecule has 1 N–H and O–H groups in total. The van der Waals surface area contributed by atoms with Gasteiger partial charge in [-0.3, -0.25) is 4.79 Å². The highest BCUT2D eigenvalue weighted by Gasteiger charge is 2.28. The molecule has 2 aromatic carbocycles. The number of carbonyl (C=O) groups is 1. The SMILES string of the molecule is COc1ccccc1C1=CCNC(CCC(C(=O)N2CCCCCC2)c2ccccc2)C1. The molecule has 1 fully saturated rings. The number of methoxy groups -OCH3 is 1. The van der Waals surface area contributed by atoms with Gasteiger partial charge in [0.1, 0.15) is 5.75 Å². The Morgan fingerprint density at radius 2 is 1.75 bits per heavy atom. The lowest BCUT2D eigenvalue weighted by molar-refractivity contribution is -0.133. The van der Waals surface area contributed by atoms with E-state index in [0.29, 0.717) is 11.9 Å². The summed E-state index contributed by atoms with van der Waals surface area (Å²) < 4.78 is 5.59. The first-order valence-corrected chi connectivity index (χ1v) is 12.2. The molecule has 2 unspecified atom stereocenters. The second-order valence-electron chi connectivity index (χ2n) is 9.02. The van der Waals surface area contributed by atoms with E-state index < -0.39 is 0 Å². The van der Waals surface area contributed by atoms with Crippen LogP contribution in [0.5, 0.6) is 5.75 Å². The molecule has 0 aliphatic carbocycles. The van der Waals surface area contributed by atoms with Gasteiger partial charge < -0.3 is 15.0 Å². The average molecular weight is 433 g/mol. The van der Waals surface area contributed by atoms with Gasteiger partial charge in [-0.25, -0.2) is 0 Å². The number of hydrogen-bond donors (Lipinski definition) is 1. The van der Waals surface area contributed by atoms with E-state index >= 15 is 0 Å². The van der Waals surface area contributed by atoms with Gasteiger partial charge >= 0.3 is 0 Å². The number of carbonyl (C=O) groups excluding carboxylic acids is 1. The topological polar surface area (TPSA) is 41.6 Å². The second-order valence-corrected chi connectivity index (χ2v) is 9.02. The molecule has 2 atom stereocenters. The maximum atomic E-state index is 13.6. The predicted octanol–water partition coefficient (Wildman–Crippen LogP) is 5.41. The molecule has 0 bridgehead atoms. The van der Waals surface area contributed by atoms with E-state index in [4.69, 9.17) is 4.74 Å². The molecule has 4 heteroatoms. The summed E-state index contributed by atoms with van der Waals surface area (Å²) in [6, 6.07) is 19.0. The van der Waals surface area contributed by atoms with Crippen LogP contribution in [0.4, 0.5) is 0 Å². The van der Waals surface area contributed by atoms with E-state index in [0.717, 1.165) is 63.1 Å². The minimum atomic E-state index is -0.0586. The summed E-state index contributed by atoms with van der Waals surface area (Å²) in [6.45, 7) is 2.67. The summed E-state index contributed by atoms with van der Waals surface area (Å²) in [5.74, 6) is 1.18. The van der Waals surface area contributed by atoms with Crippen LogP contribution in [-0.4, -0.2) is 43.6 Å². The number of benzene rings is 2. The van der Waals surface area contributed by atoms with Crippen molar-refractivity contribution >= 4 is 11.5 Å². The smallest absolute Gasteiger partial charge is 0.230 e. The van der Waals surface area contributed by atoms with Crippen LogP contribution in [0.25, 0.3) is 5.57 Å². The van der Waals surface area contributed by atoms with Crippen LogP contribution in [0, 0.1) is 0 Å². The Morgan fingerprint density at radius 3 is 2.50 bits per heavy atom. The van der Waals surface area contributed by atoms with Crippen LogP contribution in [-0.2, 0) is 4.79 Å². The predicted molar refractivity (Wildman–Crippen MR) is 131 cm³/mol. The fraction of sp³-hybridized carbons (Fsp3) is 0.464. The fourth-order valence-corrected chi connectivity index (χ4v) is 5.10. The molecule has 1 amide bonds. The molecule has 0 spiro atoms. The van der Waals surface area contributed by atoms with Crippen molar-refractivity contribution in [3.63, 3.8) is 0 Å². The van der Waals surface area contributed by atoms with Gasteiger partial charge in [0.05, 0.1) is 13.0 Å². The van der Waals surface area contributed by atoms with Crippen LogP contribution >= 0.6 is 0 Å². The Bertz CT molecular complexity index is 901. The van der Waals surface area contributed by atoms with E-state index in [9.17, 15) is 4.79 Å². The Balaban J connectivity index is 1.45. The Labute approximate surface area is 192 Å². The van der Waals surface area contributed by atoms with Crippen LogP contribution in [0.2, 0.25) is 0 Å². The van der Waals surface area contributed by atoms with E-state index in [1.807, 2.05) is 18.2 Å². The summed E-state index contributed by atoms with van der Waals surface area (Å²) >= 11 is 0. The Morgan fingerprint density at radius 1 is 1.03 bits per heavy atom. The zero-order valence-electron chi connectivity index (χ0n) is 19.3. The lowest BCUT2D eigenvalue weighted by Crippen LogP contribution is -2.37. The van der Waals surface area contributed by atoms with Gasteiger partial charge in [-0.05, 0) is 49.3 Å². The molecule has 4 rings (SSSR count). The third-order valence-electron chi connectivity index (χ3n) is 6.90. The van der Waals surface area contributed by atoms with Gasteiger partial charge in [-0.2, -0.15) is 0 Å². The number of nitrogens with zero attached hydrogens (tertiary/aromatic N) is 1. The lowest BCUT2D eigenvalue weighted by Gasteiger charge is -2.29. The maximum absolute atomic E-state index is 13.6. The molecule has 32 heavy (non-hydrogen) atoms. The van der Waals surface area contributed by atoms with Crippen molar-refractivity contribution in [2.24, 2.45) is 0 Å². The highest BCUT2D eigenvalue weighted by molar-refractivity contribution is 5.83. The van der Waals surface area contributed by atoms with Crippen LogP contribution in [0.3, 0.4) is 0 Å². The van der Waals surface area contributed by atoms with Crippen molar-refractivity contribution in [2.45, 2.75) is 56.9 Å². The molecule has 0 saturated carbocycles. The van der Waals surface area contributed by atoms with Gasteiger partial charge in [-0.15, -0.1) is 0 Å². The standard InChI is InChI=1S/C28H36N2O2/c1-32-27-14-8-7-13-25(27)23-17-18-29-24(21-23)15-16-26(22-11-5-4-6-12-22)28(31)30-19-9-2-3-10-20-30/h4-8,11-14,17,24,26,29H,2-3,9-10,15-16,18-21H2,1H3. The molecule has 2 heterocycles. The molecule has 2 aliphatic heterocycles. The molecule has 1 saturated heterocycles. The third kappa shape index (κ3) is 5.60. The number of likely N-dealkylation sites (tertiary alicyclic amines) is 1. The molecule has 170 valence electrons. The maximum Gasteiger partial charge on any atom is 0.230 e. The number of para-hydroxylation sites is 1. The number of rotatable bonds is 7. The zero-order chi connectivity index (χ0) is 22.2. The molecule has 0 radical (unpaired) electrons. The van der Waals surface area contributed by atoms with Crippen LogP contribution in [0.1, 0.15) is 62.0 Å². The highest BCUT2D eigenvalue weighted by atomic mass is 16.5. The first-order valence-electron chi connectivity index (χ1n) is 12.2. The van der Waals surface area contributed by atoms with E-state index in [1.54, 1.807) is 7.11 Å². The number of ether oxygens (including phenoxy) is 1. The van der Waals surface area contributed by atoms with Gasteiger partial charge in [0.15, 0.2) is 0 Å². The summed E-state index contributed by atoms with van der Waals surface area (Å²) in [5.41, 5.74) is 3.67. The average Bonchev–Trinajstić information content (AvgIpc) is 3.14. The van der Waals surface area contributed by atoms with Gasteiger partial charge in [-0.1, -0.05) is 67.4 Å². The van der Waals surface area contributed by atoms with Crippen molar-refractivity contribution in [1.29, 1.82) is 0 Å². The van der Waals surface area contributed by atoms with Gasteiger partial charge in [0, 0.05) is 31.2 Å². The summed E-state index contributed by atoms with van der Waals surface area (Å²) in [7, 11) is 1.73. The highest BCUT2D eigenvalue weighted by Crippen LogP contribution is 2.33. The molecule has 2 aliphatic rings. The monoisotopic (exact) mass is 432 g/mol. The molecular weight excluding hydrogens is 396 g/mol. The first kappa shape index (κ1) is 22.6. The molecular formula is C28H36N2O2. The minimum absolute atomic E-state index is 0.0586. The fourth-order valence-electron chi connectivity index (χ4n) is 5.10. The van der Waals surface area contributed by atoms with Crippen molar-refractivity contribution in [3.05, 3.63) is 71.8 Å². The Hall–Kier alpha value is -2.59. The lowest BCUT2D eigenvalue weighted by atomic mass is 9.87. The summed E-state index contributed by atoms with van der Waals surface area (Å²) in [6.07, 6.45) is 9.82. The quantitative estimate of drug-likeness (QED) is 0.636. The number of nitrogens with one attached hydrogen (secondary N) is 1. The van der Waals surface area contributed by atoms with Crippen molar-refractivity contribution < 1.29 is 9.53 Å². The first-order chi connectivity index (χ1) is 15.8. The van der Waals surface area contributed by atoms with Crippen molar-refractivity contribution in [2.75, 3.05) is 26.7 Å². The number of amides is 1. The molecule has 0 aromatic heterocycles. The summed E-state index contributed by atoms with van der Waals surface area (Å²) in [4.78, 5) is 15.7. The molecule has 2 aromatic rings. The number of hydrogen-bond acceptors (Lipinski definition) is 3. The summed E-state index contributed by atoms with van der Waals surface area (Å²) in [5, 5.41) is 3.65. The molecule has 4 nitrogen and oxygen atoms in total. The van der Waals surface area contributed by atoms with E-state index in [1.165, 1.54) is 24.0 Å². The van der Waals surface area contributed by atoms with Gasteiger partial charge in [0.2, 0.25) is 5.91 Å². The zero-order valence-corrected chi connectivity index (χ0v) is 19.3. The van der Waals surface area contributed by atoms with E-state index in [-0.39, 0.29) is 5.92 Å². The van der Waals surface area contributed by atoms with Gasteiger partial charge in [0.25, 0.3) is 0 Å². The Kier molecular flexibility index (Phi) is 8.00.